The summed E-state index contributed by atoms with van der Waals surface area (Å²) in [7, 11) is 0. The molecule has 0 unspecified atom stereocenters. The second-order valence-corrected chi connectivity index (χ2v) is 16.4. The Morgan fingerprint density at radius 2 is 0.759 bits per heavy atom. The molecule has 0 aliphatic heterocycles. The average molecular weight is 719 g/mol. The summed E-state index contributed by atoms with van der Waals surface area (Å²) < 4.78 is 5.37. The first-order valence-corrected chi connectivity index (χ1v) is 20.1. The van der Waals surface area contributed by atoms with E-state index in [1.807, 2.05) is 22.7 Å². The Labute approximate surface area is 319 Å². The molecule has 0 aliphatic carbocycles. The minimum atomic E-state index is 1.24. The first kappa shape index (κ1) is 30.2. The summed E-state index contributed by atoms with van der Waals surface area (Å²) in [5, 5.41) is 15.7. The zero-order chi connectivity index (χ0) is 35.3. The molecule has 10 aromatic carbocycles. The Balaban J connectivity index is 1.23. The molecule has 0 saturated carbocycles. The summed E-state index contributed by atoms with van der Waals surface area (Å²) in [6.45, 7) is 0. The van der Waals surface area contributed by atoms with Crippen LogP contribution in [0.25, 0.3) is 117 Å². The third-order valence-corrected chi connectivity index (χ3v) is 13.8. The van der Waals surface area contributed by atoms with Gasteiger partial charge in [0.1, 0.15) is 0 Å². The minimum absolute atomic E-state index is 1.24. The molecule has 12 aromatic rings. The van der Waals surface area contributed by atoms with E-state index in [0.29, 0.717) is 0 Å². The first-order chi connectivity index (χ1) is 26.8. The number of benzene rings is 10. The Kier molecular flexibility index (Phi) is 6.48. The van der Waals surface area contributed by atoms with Crippen molar-refractivity contribution in [3.8, 4) is 33.4 Å². The van der Waals surface area contributed by atoms with E-state index in [4.69, 9.17) is 0 Å². The average Bonchev–Trinajstić information content (AvgIpc) is 3.82. The Morgan fingerprint density at radius 1 is 0.278 bits per heavy atom. The molecule has 0 spiro atoms. The van der Waals surface area contributed by atoms with E-state index in [9.17, 15) is 0 Å². The SMILES string of the molecule is c1ccc(-c2ccc(-c3c4ccccc4c(-c4cc5ccc6sc7ccccc7c6c5c5c4sc4ccccc45)c4ccccc34)c3ccccc23)cc1. The van der Waals surface area contributed by atoms with Crippen LogP contribution >= 0.6 is 22.7 Å². The Morgan fingerprint density at radius 3 is 1.41 bits per heavy atom. The van der Waals surface area contributed by atoms with Crippen molar-refractivity contribution in [2.24, 2.45) is 0 Å². The highest BCUT2D eigenvalue weighted by Gasteiger charge is 2.23. The summed E-state index contributed by atoms with van der Waals surface area (Å²) in [5.41, 5.74) is 7.67. The molecule has 2 aromatic heterocycles. The predicted octanol–water partition coefficient (Wildman–Crippen LogP) is 16.0. The molecule has 54 heavy (non-hydrogen) atoms. The summed E-state index contributed by atoms with van der Waals surface area (Å²) in [5.74, 6) is 0. The molecular weight excluding hydrogens is 689 g/mol. The number of fused-ring (bicyclic) bond motifs is 12. The van der Waals surface area contributed by atoms with Crippen LogP contribution in [0.4, 0.5) is 0 Å². The standard InChI is InChI=1S/C52H30S2/c1-2-14-31(15-3-1)33-27-28-40(35-17-5-4-16-34(33)35)48-36-18-6-8-20-38(36)49(39-21-9-7-19-37(39)48)43-30-32-26-29-46-50(41-22-10-12-24-44(41)53-46)47(32)51-42-23-11-13-25-45(42)54-52(43)51/h1-30H. The van der Waals surface area contributed by atoms with Crippen LogP contribution in [0.5, 0.6) is 0 Å². The van der Waals surface area contributed by atoms with Crippen molar-refractivity contribution in [3.05, 3.63) is 182 Å². The van der Waals surface area contributed by atoms with E-state index in [2.05, 4.69) is 182 Å². The van der Waals surface area contributed by atoms with Crippen molar-refractivity contribution in [1.82, 2.24) is 0 Å². The van der Waals surface area contributed by atoms with Crippen molar-refractivity contribution < 1.29 is 0 Å². The lowest BCUT2D eigenvalue weighted by atomic mass is 9.83. The van der Waals surface area contributed by atoms with Crippen LogP contribution in [0.1, 0.15) is 0 Å². The zero-order valence-electron chi connectivity index (χ0n) is 29.1. The van der Waals surface area contributed by atoms with E-state index in [1.54, 1.807) is 0 Å². The maximum Gasteiger partial charge on any atom is 0.0440 e. The van der Waals surface area contributed by atoms with E-state index >= 15 is 0 Å². The third-order valence-electron chi connectivity index (χ3n) is 11.4. The van der Waals surface area contributed by atoms with Gasteiger partial charge in [-0.05, 0) is 89.8 Å². The van der Waals surface area contributed by atoms with Crippen molar-refractivity contribution in [3.63, 3.8) is 0 Å². The van der Waals surface area contributed by atoms with Gasteiger partial charge in [0.2, 0.25) is 0 Å². The highest BCUT2D eigenvalue weighted by Crippen LogP contribution is 2.52. The lowest BCUT2D eigenvalue weighted by molar-refractivity contribution is 1.64. The van der Waals surface area contributed by atoms with Gasteiger partial charge in [-0.1, -0.05) is 158 Å². The van der Waals surface area contributed by atoms with Gasteiger partial charge < -0.3 is 0 Å². The second kappa shape index (κ2) is 11.6. The van der Waals surface area contributed by atoms with Crippen LogP contribution in [-0.4, -0.2) is 0 Å². The molecule has 0 nitrogen and oxygen atoms in total. The fourth-order valence-corrected chi connectivity index (χ4v) is 11.6. The summed E-state index contributed by atoms with van der Waals surface area (Å²) >= 11 is 3.84. The van der Waals surface area contributed by atoms with Gasteiger partial charge in [0.25, 0.3) is 0 Å². The quantitative estimate of drug-likeness (QED) is 0.160. The highest BCUT2D eigenvalue weighted by molar-refractivity contribution is 7.27. The van der Waals surface area contributed by atoms with Gasteiger partial charge in [-0.2, -0.15) is 0 Å². The summed E-state index contributed by atoms with van der Waals surface area (Å²) in [6, 6.07) is 67.7. The molecule has 0 bridgehead atoms. The number of rotatable bonds is 3. The molecule has 2 heterocycles. The molecule has 0 N–H and O–H groups in total. The molecule has 0 atom stereocenters. The number of hydrogen-bond donors (Lipinski definition) is 0. The number of hydrogen-bond acceptors (Lipinski definition) is 2. The molecule has 12 rings (SSSR count). The summed E-state index contributed by atoms with van der Waals surface area (Å²) in [4.78, 5) is 0. The largest absolute Gasteiger partial charge is 0.135 e. The molecule has 0 aliphatic rings. The molecule has 2 heteroatoms. The third kappa shape index (κ3) is 4.24. The Bertz CT molecular complexity index is 3430. The van der Waals surface area contributed by atoms with Crippen LogP contribution in [0.3, 0.4) is 0 Å². The summed E-state index contributed by atoms with van der Waals surface area (Å²) in [6.07, 6.45) is 0. The first-order valence-electron chi connectivity index (χ1n) is 18.5. The lowest BCUT2D eigenvalue weighted by Crippen LogP contribution is -1.93. The molecule has 250 valence electrons. The van der Waals surface area contributed by atoms with E-state index < -0.39 is 0 Å². The maximum atomic E-state index is 2.50. The van der Waals surface area contributed by atoms with Crippen LogP contribution in [0.2, 0.25) is 0 Å². The van der Waals surface area contributed by atoms with E-state index in [0.717, 1.165) is 0 Å². The van der Waals surface area contributed by atoms with Gasteiger partial charge >= 0.3 is 0 Å². The van der Waals surface area contributed by atoms with Crippen molar-refractivity contribution >= 4 is 106 Å². The van der Waals surface area contributed by atoms with Crippen molar-refractivity contribution in [2.45, 2.75) is 0 Å². The topological polar surface area (TPSA) is 0 Å². The van der Waals surface area contributed by atoms with Crippen molar-refractivity contribution in [1.29, 1.82) is 0 Å². The predicted molar refractivity (Wildman–Crippen MR) is 239 cm³/mol. The fourth-order valence-electron chi connectivity index (χ4n) is 9.21. The van der Waals surface area contributed by atoms with E-state index in [-0.39, 0.29) is 0 Å². The molecule has 0 saturated heterocycles. The van der Waals surface area contributed by atoms with E-state index in [1.165, 1.54) is 117 Å². The van der Waals surface area contributed by atoms with Crippen LogP contribution in [0, 0.1) is 0 Å². The zero-order valence-corrected chi connectivity index (χ0v) is 30.8. The molecule has 0 amide bonds. The second-order valence-electron chi connectivity index (χ2n) is 14.3. The van der Waals surface area contributed by atoms with Gasteiger partial charge in [-0.3, -0.25) is 0 Å². The van der Waals surface area contributed by atoms with Crippen LogP contribution < -0.4 is 0 Å². The highest BCUT2D eigenvalue weighted by atomic mass is 32.1. The van der Waals surface area contributed by atoms with Crippen LogP contribution in [-0.2, 0) is 0 Å². The molecule has 0 radical (unpaired) electrons. The van der Waals surface area contributed by atoms with Crippen molar-refractivity contribution in [2.75, 3.05) is 0 Å². The van der Waals surface area contributed by atoms with Gasteiger partial charge in [0.15, 0.2) is 0 Å². The van der Waals surface area contributed by atoms with Gasteiger partial charge in [-0.15, -0.1) is 22.7 Å². The minimum Gasteiger partial charge on any atom is -0.135 e. The van der Waals surface area contributed by atoms with Gasteiger partial charge in [0.05, 0.1) is 0 Å². The smallest absolute Gasteiger partial charge is 0.0440 e. The molecule has 0 fully saturated rings. The van der Waals surface area contributed by atoms with Gasteiger partial charge in [0, 0.05) is 51.3 Å². The maximum absolute atomic E-state index is 2.50. The number of thiophene rings is 2. The van der Waals surface area contributed by atoms with Gasteiger partial charge in [-0.25, -0.2) is 0 Å². The van der Waals surface area contributed by atoms with Crippen LogP contribution in [0.15, 0.2) is 182 Å². The normalized spacial score (nSPS) is 12.1. The Hall–Kier alpha value is -6.32. The fraction of sp³-hybridized carbons (Fsp3) is 0. The lowest BCUT2D eigenvalue weighted by Gasteiger charge is -2.20. The monoisotopic (exact) mass is 718 g/mol. The molecular formula is C52H30S2.